The first kappa shape index (κ1) is 19.0. The summed E-state index contributed by atoms with van der Waals surface area (Å²) < 4.78 is 13.1. The summed E-state index contributed by atoms with van der Waals surface area (Å²) in [7, 11) is 0. The molecule has 0 spiro atoms. The average molecular weight is 421 g/mol. The number of nitrogens with one attached hydrogen (secondary N) is 1. The van der Waals surface area contributed by atoms with Gasteiger partial charge in [-0.1, -0.05) is 18.2 Å². The van der Waals surface area contributed by atoms with Crippen molar-refractivity contribution in [3.63, 3.8) is 0 Å². The SMILES string of the molecule is O=C(c1cc2ccccc2[nH]1)N1CCN(Cc2nc(-c3ccc(F)cc3)cs2)CC1. The van der Waals surface area contributed by atoms with Gasteiger partial charge in [-0.2, -0.15) is 0 Å². The standard InChI is InChI=1S/C23H21FN4OS/c24-18-7-5-16(6-8-18)21-15-30-22(26-21)14-27-9-11-28(12-10-27)23(29)20-13-17-3-1-2-4-19(17)25-20/h1-8,13,15,25H,9-12,14H2. The van der Waals surface area contributed by atoms with Crippen LogP contribution in [-0.4, -0.2) is 51.9 Å². The molecule has 0 radical (unpaired) electrons. The third-order valence-electron chi connectivity index (χ3n) is 5.47. The monoisotopic (exact) mass is 420 g/mol. The zero-order valence-electron chi connectivity index (χ0n) is 16.3. The van der Waals surface area contributed by atoms with Crippen molar-refractivity contribution < 1.29 is 9.18 Å². The highest BCUT2D eigenvalue weighted by Crippen LogP contribution is 2.23. The van der Waals surface area contributed by atoms with Crippen molar-refractivity contribution >= 4 is 28.1 Å². The normalized spacial score (nSPS) is 15.0. The molecule has 3 heterocycles. The van der Waals surface area contributed by atoms with Crippen molar-refractivity contribution in [2.45, 2.75) is 6.54 Å². The highest BCUT2D eigenvalue weighted by Gasteiger charge is 2.24. The second-order valence-electron chi connectivity index (χ2n) is 7.47. The Bertz CT molecular complexity index is 1140. The van der Waals surface area contributed by atoms with E-state index in [9.17, 15) is 9.18 Å². The number of fused-ring (bicyclic) bond motifs is 1. The van der Waals surface area contributed by atoms with Crippen molar-refractivity contribution in [1.82, 2.24) is 19.8 Å². The van der Waals surface area contributed by atoms with E-state index in [1.165, 1.54) is 12.1 Å². The molecular formula is C23H21FN4OS. The predicted molar refractivity (Wildman–Crippen MR) is 117 cm³/mol. The number of hydrogen-bond acceptors (Lipinski definition) is 4. The molecule has 1 aliphatic heterocycles. The van der Waals surface area contributed by atoms with Crippen molar-refractivity contribution in [3.05, 3.63) is 76.5 Å². The Morgan fingerprint density at radius 2 is 1.83 bits per heavy atom. The van der Waals surface area contributed by atoms with E-state index in [-0.39, 0.29) is 11.7 Å². The summed E-state index contributed by atoms with van der Waals surface area (Å²) in [4.78, 5) is 25.0. The van der Waals surface area contributed by atoms with Crippen LogP contribution in [0.1, 0.15) is 15.5 Å². The van der Waals surface area contributed by atoms with Gasteiger partial charge in [0.1, 0.15) is 16.5 Å². The zero-order chi connectivity index (χ0) is 20.5. The van der Waals surface area contributed by atoms with E-state index < -0.39 is 0 Å². The number of amides is 1. The number of nitrogens with zero attached hydrogens (tertiary/aromatic N) is 3. The van der Waals surface area contributed by atoms with Crippen LogP contribution in [0.2, 0.25) is 0 Å². The number of para-hydroxylation sites is 1. The zero-order valence-corrected chi connectivity index (χ0v) is 17.2. The molecule has 152 valence electrons. The van der Waals surface area contributed by atoms with Gasteiger partial charge in [-0.05, 0) is 36.4 Å². The number of halogens is 1. The van der Waals surface area contributed by atoms with Crippen LogP contribution in [0.4, 0.5) is 4.39 Å². The van der Waals surface area contributed by atoms with Gasteiger partial charge in [0.25, 0.3) is 5.91 Å². The number of carbonyl (C=O) groups is 1. The number of carbonyl (C=O) groups excluding carboxylic acids is 1. The summed E-state index contributed by atoms with van der Waals surface area (Å²) >= 11 is 1.62. The van der Waals surface area contributed by atoms with Gasteiger partial charge in [0.15, 0.2) is 0 Å². The van der Waals surface area contributed by atoms with Crippen LogP contribution in [-0.2, 0) is 6.54 Å². The lowest BCUT2D eigenvalue weighted by Crippen LogP contribution is -2.48. The molecule has 1 aliphatic rings. The first-order chi connectivity index (χ1) is 14.7. The van der Waals surface area contributed by atoms with Gasteiger partial charge < -0.3 is 9.88 Å². The summed E-state index contributed by atoms with van der Waals surface area (Å²) in [5, 5.41) is 4.10. The molecule has 5 rings (SSSR count). The number of benzene rings is 2. The van der Waals surface area contributed by atoms with Gasteiger partial charge >= 0.3 is 0 Å². The van der Waals surface area contributed by atoms with Gasteiger partial charge in [-0.25, -0.2) is 9.37 Å². The van der Waals surface area contributed by atoms with Crippen molar-refractivity contribution in [3.8, 4) is 11.3 Å². The van der Waals surface area contributed by atoms with E-state index in [1.807, 2.05) is 40.6 Å². The number of thiazole rings is 1. The minimum atomic E-state index is -0.242. The molecule has 0 bridgehead atoms. The highest BCUT2D eigenvalue weighted by molar-refractivity contribution is 7.09. The first-order valence-electron chi connectivity index (χ1n) is 9.95. The third-order valence-corrected chi connectivity index (χ3v) is 6.30. The quantitative estimate of drug-likeness (QED) is 0.533. The Hall–Kier alpha value is -3.03. The van der Waals surface area contributed by atoms with Gasteiger partial charge in [0.05, 0.1) is 12.2 Å². The molecule has 0 saturated carbocycles. The van der Waals surface area contributed by atoms with Crippen LogP contribution in [0, 0.1) is 5.82 Å². The van der Waals surface area contributed by atoms with Crippen LogP contribution in [0.5, 0.6) is 0 Å². The number of hydrogen-bond donors (Lipinski definition) is 1. The molecule has 1 saturated heterocycles. The Balaban J connectivity index is 1.19. The summed E-state index contributed by atoms with van der Waals surface area (Å²) in [5.41, 5.74) is 3.43. The summed E-state index contributed by atoms with van der Waals surface area (Å²) in [5.74, 6) is -0.187. The Morgan fingerprint density at radius 1 is 1.07 bits per heavy atom. The Labute approximate surface area is 177 Å². The van der Waals surface area contributed by atoms with Crippen molar-refractivity contribution in [2.75, 3.05) is 26.2 Å². The minimum Gasteiger partial charge on any atom is -0.351 e. The molecule has 7 heteroatoms. The van der Waals surface area contributed by atoms with Crippen LogP contribution in [0.15, 0.2) is 60.0 Å². The molecule has 1 amide bonds. The smallest absolute Gasteiger partial charge is 0.270 e. The number of piperazine rings is 1. The van der Waals surface area contributed by atoms with E-state index in [1.54, 1.807) is 23.5 Å². The van der Waals surface area contributed by atoms with E-state index in [4.69, 9.17) is 4.98 Å². The lowest BCUT2D eigenvalue weighted by atomic mass is 10.2. The maximum Gasteiger partial charge on any atom is 0.270 e. The maximum absolute atomic E-state index is 13.1. The third kappa shape index (κ3) is 3.86. The van der Waals surface area contributed by atoms with Crippen LogP contribution in [0.25, 0.3) is 22.2 Å². The largest absolute Gasteiger partial charge is 0.351 e. The number of H-pyrrole nitrogens is 1. The second-order valence-corrected chi connectivity index (χ2v) is 8.41. The molecule has 30 heavy (non-hydrogen) atoms. The Kier molecular flexibility index (Phi) is 5.06. The number of aromatic amines is 1. The summed E-state index contributed by atoms with van der Waals surface area (Å²) in [6.07, 6.45) is 0. The molecule has 0 aliphatic carbocycles. The molecule has 5 nitrogen and oxygen atoms in total. The van der Waals surface area contributed by atoms with E-state index in [2.05, 4.69) is 9.88 Å². The number of aromatic nitrogens is 2. The fourth-order valence-electron chi connectivity index (χ4n) is 3.80. The van der Waals surface area contributed by atoms with Crippen LogP contribution < -0.4 is 0 Å². The Morgan fingerprint density at radius 3 is 2.60 bits per heavy atom. The average Bonchev–Trinajstić information content (AvgIpc) is 3.41. The van der Waals surface area contributed by atoms with Crippen LogP contribution >= 0.6 is 11.3 Å². The fraction of sp³-hybridized carbons (Fsp3) is 0.217. The van der Waals surface area contributed by atoms with Gasteiger partial charge in [0, 0.05) is 48.0 Å². The van der Waals surface area contributed by atoms with Crippen molar-refractivity contribution in [1.29, 1.82) is 0 Å². The molecule has 0 unspecified atom stereocenters. The lowest BCUT2D eigenvalue weighted by molar-refractivity contribution is 0.0623. The molecule has 1 N–H and O–H groups in total. The summed E-state index contributed by atoms with van der Waals surface area (Å²) in [6.45, 7) is 3.80. The highest BCUT2D eigenvalue weighted by atomic mass is 32.1. The predicted octanol–water partition coefficient (Wildman–Crippen LogP) is 4.39. The van der Waals surface area contributed by atoms with Crippen molar-refractivity contribution in [2.24, 2.45) is 0 Å². The van der Waals surface area contributed by atoms with Crippen LogP contribution in [0.3, 0.4) is 0 Å². The molecule has 2 aromatic heterocycles. The second kappa shape index (κ2) is 8.01. The van der Waals surface area contributed by atoms with E-state index >= 15 is 0 Å². The molecular weight excluding hydrogens is 399 g/mol. The summed E-state index contributed by atoms with van der Waals surface area (Å²) in [6, 6.07) is 16.3. The number of rotatable bonds is 4. The van der Waals surface area contributed by atoms with Gasteiger partial charge in [0.2, 0.25) is 0 Å². The fourth-order valence-corrected chi connectivity index (χ4v) is 4.64. The molecule has 2 aromatic carbocycles. The molecule has 1 fully saturated rings. The van der Waals surface area contributed by atoms with Gasteiger partial charge in [-0.3, -0.25) is 9.69 Å². The van der Waals surface area contributed by atoms with E-state index in [0.717, 1.165) is 46.8 Å². The first-order valence-corrected chi connectivity index (χ1v) is 10.8. The minimum absolute atomic E-state index is 0.0543. The molecule has 0 atom stereocenters. The lowest BCUT2D eigenvalue weighted by Gasteiger charge is -2.34. The van der Waals surface area contributed by atoms with E-state index in [0.29, 0.717) is 18.8 Å². The van der Waals surface area contributed by atoms with Gasteiger partial charge in [-0.15, -0.1) is 11.3 Å². The maximum atomic E-state index is 13.1. The topological polar surface area (TPSA) is 52.2 Å². The molecule has 4 aromatic rings.